The number of benzene rings is 1. The van der Waals surface area contributed by atoms with E-state index in [1.807, 2.05) is 6.92 Å². The highest BCUT2D eigenvalue weighted by molar-refractivity contribution is 6.32. The van der Waals surface area contributed by atoms with Gasteiger partial charge in [-0.3, -0.25) is 0 Å². The number of phenols is 1. The normalized spacial score (nSPS) is 12.0. The van der Waals surface area contributed by atoms with E-state index >= 15 is 0 Å². The lowest BCUT2D eigenvalue weighted by Gasteiger charge is -2.14. The molecule has 3 N–H and O–H groups in total. The summed E-state index contributed by atoms with van der Waals surface area (Å²) in [5.41, 5.74) is 5.83. The van der Waals surface area contributed by atoms with E-state index in [1.165, 1.54) is 12.1 Å². The van der Waals surface area contributed by atoms with Crippen LogP contribution in [0.3, 0.4) is 0 Å². The molecule has 1 atom stereocenters. The van der Waals surface area contributed by atoms with Gasteiger partial charge in [-0.1, -0.05) is 24.9 Å². The maximum atomic E-state index is 13.3. The van der Waals surface area contributed by atoms with Gasteiger partial charge in [0.05, 0.1) is 5.02 Å². The van der Waals surface area contributed by atoms with Gasteiger partial charge >= 0.3 is 0 Å². The Morgan fingerprint density at radius 3 is 2.67 bits per heavy atom. The lowest BCUT2D eigenvalue weighted by molar-refractivity contribution is 0.444. The van der Waals surface area contributed by atoms with E-state index in [4.69, 9.17) is 17.3 Å². The highest BCUT2D eigenvalue weighted by Gasteiger charge is 2.17. The number of halogens is 3. The molecule has 0 aliphatic rings. The number of aromatic hydroxyl groups is 1. The largest absolute Gasteiger partial charge is 0.506 e. The summed E-state index contributed by atoms with van der Waals surface area (Å²) < 4.78 is 13.3. The Labute approximate surface area is 99.6 Å². The first-order valence-corrected chi connectivity index (χ1v) is 4.88. The van der Waals surface area contributed by atoms with E-state index in [0.717, 1.165) is 6.42 Å². The fourth-order valence-corrected chi connectivity index (χ4v) is 1.53. The first-order valence-electron chi connectivity index (χ1n) is 4.50. The smallest absolute Gasteiger partial charge is 0.141 e. The van der Waals surface area contributed by atoms with E-state index in [0.29, 0.717) is 6.42 Å². The number of rotatable bonds is 3. The molecule has 0 aliphatic heterocycles. The topological polar surface area (TPSA) is 46.2 Å². The third-order valence-corrected chi connectivity index (χ3v) is 2.39. The molecule has 0 saturated heterocycles. The fourth-order valence-electron chi connectivity index (χ4n) is 1.36. The quantitative estimate of drug-likeness (QED) is 0.868. The van der Waals surface area contributed by atoms with Gasteiger partial charge in [0.15, 0.2) is 0 Å². The minimum absolute atomic E-state index is 0. The van der Waals surface area contributed by atoms with Gasteiger partial charge in [-0.15, -0.1) is 12.4 Å². The summed E-state index contributed by atoms with van der Waals surface area (Å²) in [6, 6.07) is 2.03. The minimum atomic E-state index is -0.507. The molecule has 0 aliphatic carbocycles. The van der Waals surface area contributed by atoms with Crippen molar-refractivity contribution in [3.63, 3.8) is 0 Å². The van der Waals surface area contributed by atoms with Crippen LogP contribution in [0, 0.1) is 5.82 Å². The van der Waals surface area contributed by atoms with Crippen LogP contribution >= 0.6 is 24.0 Å². The van der Waals surface area contributed by atoms with Crippen LogP contribution in [0.2, 0.25) is 5.02 Å². The molecule has 0 spiro atoms. The Morgan fingerprint density at radius 2 is 2.13 bits per heavy atom. The highest BCUT2D eigenvalue weighted by Crippen LogP contribution is 2.34. The SMILES string of the molecule is CCC[C@H](N)c1c(F)ccc(Cl)c1O.Cl. The molecule has 1 rings (SSSR count). The molecular weight excluding hydrogens is 240 g/mol. The van der Waals surface area contributed by atoms with E-state index < -0.39 is 11.9 Å². The van der Waals surface area contributed by atoms with Crippen molar-refractivity contribution < 1.29 is 9.50 Å². The molecule has 0 bridgehead atoms. The Kier molecular flexibility index (Phi) is 5.95. The minimum Gasteiger partial charge on any atom is -0.506 e. The molecule has 0 radical (unpaired) electrons. The number of hydrogen-bond acceptors (Lipinski definition) is 2. The molecule has 5 heteroatoms. The Morgan fingerprint density at radius 1 is 1.53 bits per heavy atom. The third kappa shape index (κ3) is 3.23. The summed E-state index contributed by atoms with van der Waals surface area (Å²) in [4.78, 5) is 0. The first kappa shape index (κ1) is 14.5. The summed E-state index contributed by atoms with van der Waals surface area (Å²) in [6.45, 7) is 1.94. The maximum absolute atomic E-state index is 13.3. The monoisotopic (exact) mass is 253 g/mol. The van der Waals surface area contributed by atoms with Gasteiger partial charge < -0.3 is 10.8 Å². The van der Waals surface area contributed by atoms with Gasteiger partial charge in [-0.25, -0.2) is 4.39 Å². The summed E-state index contributed by atoms with van der Waals surface area (Å²) in [5.74, 6) is -0.750. The maximum Gasteiger partial charge on any atom is 0.141 e. The first-order chi connectivity index (χ1) is 6.57. The van der Waals surface area contributed by atoms with E-state index in [2.05, 4.69) is 0 Å². The predicted molar refractivity (Wildman–Crippen MR) is 62.2 cm³/mol. The summed E-state index contributed by atoms with van der Waals surface area (Å²) in [6.07, 6.45) is 1.44. The zero-order valence-corrected chi connectivity index (χ0v) is 9.91. The second-order valence-corrected chi connectivity index (χ2v) is 3.59. The van der Waals surface area contributed by atoms with Crippen LogP contribution in [0.25, 0.3) is 0 Å². The van der Waals surface area contributed by atoms with Gasteiger partial charge in [0.25, 0.3) is 0 Å². The molecule has 0 aromatic heterocycles. The van der Waals surface area contributed by atoms with Crippen LogP contribution in [0.15, 0.2) is 12.1 Å². The van der Waals surface area contributed by atoms with Crippen LogP contribution in [0.1, 0.15) is 31.4 Å². The molecule has 15 heavy (non-hydrogen) atoms. The zero-order chi connectivity index (χ0) is 10.7. The molecule has 86 valence electrons. The fraction of sp³-hybridized carbons (Fsp3) is 0.400. The van der Waals surface area contributed by atoms with Gasteiger partial charge in [0.2, 0.25) is 0 Å². The van der Waals surface area contributed by atoms with E-state index in [9.17, 15) is 9.50 Å². The molecule has 0 amide bonds. The Hall–Kier alpha value is -0.510. The molecular formula is C10H14Cl2FNO. The van der Waals surface area contributed by atoms with E-state index in [-0.39, 0.29) is 28.7 Å². The van der Waals surface area contributed by atoms with Crippen molar-refractivity contribution >= 4 is 24.0 Å². The average molecular weight is 254 g/mol. The predicted octanol–water partition coefficient (Wildman–Crippen LogP) is 3.41. The second-order valence-electron chi connectivity index (χ2n) is 3.19. The van der Waals surface area contributed by atoms with Crippen molar-refractivity contribution in [3.8, 4) is 5.75 Å². The van der Waals surface area contributed by atoms with Crippen molar-refractivity contribution in [3.05, 3.63) is 28.5 Å². The Bertz CT molecular complexity index is 333. The number of phenolic OH excluding ortho intramolecular Hbond substituents is 1. The molecule has 0 fully saturated rings. The van der Waals surface area contributed by atoms with Crippen molar-refractivity contribution in [2.75, 3.05) is 0 Å². The number of nitrogens with two attached hydrogens (primary N) is 1. The molecule has 0 saturated carbocycles. The molecule has 1 aromatic carbocycles. The lowest BCUT2D eigenvalue weighted by atomic mass is 10.0. The van der Waals surface area contributed by atoms with E-state index in [1.54, 1.807) is 0 Å². The molecule has 0 heterocycles. The Balaban J connectivity index is 0.00000196. The molecule has 0 unspecified atom stereocenters. The number of hydrogen-bond donors (Lipinski definition) is 2. The highest BCUT2D eigenvalue weighted by atomic mass is 35.5. The van der Waals surface area contributed by atoms with Crippen LogP contribution in [-0.2, 0) is 0 Å². The van der Waals surface area contributed by atoms with Crippen LogP contribution < -0.4 is 5.73 Å². The van der Waals surface area contributed by atoms with Gasteiger partial charge in [0, 0.05) is 11.6 Å². The van der Waals surface area contributed by atoms with Gasteiger partial charge in [0.1, 0.15) is 11.6 Å². The van der Waals surface area contributed by atoms with Crippen molar-refractivity contribution in [1.29, 1.82) is 0 Å². The standard InChI is InChI=1S/C10H13ClFNO.ClH/c1-2-3-8(13)9-7(12)5-4-6(11)10(9)14;/h4-5,8,14H,2-3,13H2,1H3;1H/t8-;/m0./s1. The molecule has 2 nitrogen and oxygen atoms in total. The van der Waals surface area contributed by atoms with Crippen molar-refractivity contribution in [2.24, 2.45) is 5.73 Å². The van der Waals surface area contributed by atoms with Crippen LogP contribution in [-0.4, -0.2) is 5.11 Å². The van der Waals surface area contributed by atoms with Gasteiger partial charge in [-0.05, 0) is 18.6 Å². The van der Waals surface area contributed by atoms with Crippen molar-refractivity contribution in [1.82, 2.24) is 0 Å². The molecule has 1 aromatic rings. The summed E-state index contributed by atoms with van der Waals surface area (Å²) >= 11 is 5.66. The lowest BCUT2D eigenvalue weighted by Crippen LogP contribution is -2.12. The van der Waals surface area contributed by atoms with Gasteiger partial charge in [-0.2, -0.15) is 0 Å². The summed E-state index contributed by atoms with van der Waals surface area (Å²) in [7, 11) is 0. The average Bonchev–Trinajstić information content (AvgIpc) is 2.13. The van der Waals surface area contributed by atoms with Crippen LogP contribution in [0.5, 0.6) is 5.75 Å². The zero-order valence-electron chi connectivity index (χ0n) is 8.34. The third-order valence-electron chi connectivity index (χ3n) is 2.09. The second kappa shape index (κ2) is 6.16. The summed E-state index contributed by atoms with van der Waals surface area (Å²) in [5, 5.41) is 9.66. The van der Waals surface area contributed by atoms with Crippen LogP contribution in [0.4, 0.5) is 4.39 Å². The van der Waals surface area contributed by atoms with Crippen molar-refractivity contribution in [2.45, 2.75) is 25.8 Å².